The quantitative estimate of drug-likeness (QED) is 0.189. The van der Waals surface area contributed by atoms with E-state index in [0.717, 1.165) is 0 Å². The molecule has 0 radical (unpaired) electrons. The second-order valence-electron chi connectivity index (χ2n) is 0.217. The van der Waals surface area contributed by atoms with Gasteiger partial charge in [-0.3, -0.25) is 0 Å². The largest absolute Gasteiger partial charge is 0.439 e. The van der Waals surface area contributed by atoms with Crippen LogP contribution in [0.3, 0.4) is 0 Å². The van der Waals surface area contributed by atoms with Gasteiger partial charge in [0, 0.05) is 27.5 Å². The Bertz CT molecular complexity index is 57.3. The van der Waals surface area contributed by atoms with E-state index in [-0.39, 0.29) is 38.4 Å². The predicted molar refractivity (Wildman–Crippen MR) is 25.8 cm³/mol. The molecule has 0 aliphatic carbocycles. The summed E-state index contributed by atoms with van der Waals surface area (Å²) in [5, 5.41) is 0. The van der Waals surface area contributed by atoms with E-state index in [1.165, 1.54) is 0 Å². The van der Waals surface area contributed by atoms with Gasteiger partial charge in [-0.15, -0.1) is 0 Å². The van der Waals surface area contributed by atoms with Crippen molar-refractivity contribution in [2.45, 2.75) is 0 Å². The van der Waals surface area contributed by atoms with Crippen LogP contribution in [0.15, 0.2) is 0 Å². The Hall–Kier alpha value is 0.244. The first-order chi connectivity index (χ1) is 1.73. The minimum absolute atomic E-state index is 0. The van der Waals surface area contributed by atoms with Gasteiger partial charge in [-0.2, -0.15) is 0 Å². The molecular formula is H9NiO7S-. The van der Waals surface area contributed by atoms with Crippen LogP contribution in [0, 0.1) is 0 Å². The van der Waals surface area contributed by atoms with E-state index in [0.29, 0.717) is 0 Å². The van der Waals surface area contributed by atoms with Gasteiger partial charge < -0.3 is 34.9 Å². The van der Waals surface area contributed by atoms with Crippen LogP contribution in [0.2, 0.25) is 0 Å². The first-order valence-corrected chi connectivity index (χ1v) is 1.55. The van der Waals surface area contributed by atoms with Crippen LogP contribution in [-0.2, 0) is 35.9 Å². The minimum Gasteiger partial charge on any atom is -0.439 e. The van der Waals surface area contributed by atoms with E-state index in [9.17, 15) is 0 Å². The summed E-state index contributed by atoms with van der Waals surface area (Å²) in [6.07, 6.45) is 0. The average Bonchev–Trinajstić information content (AvgIpc) is 0.811. The van der Waals surface area contributed by atoms with Crippen molar-refractivity contribution in [1.29, 1.82) is 0 Å². The van der Waals surface area contributed by atoms with E-state index >= 15 is 0 Å². The third-order valence-corrected chi connectivity index (χ3v) is 0. The van der Waals surface area contributed by atoms with Crippen LogP contribution < -0.4 is 0 Å². The smallest absolute Gasteiger partial charge is 0.0495 e. The molecule has 0 atom stereocenters. The zero-order valence-electron chi connectivity index (χ0n) is 3.99. The zero-order chi connectivity index (χ0) is 3.58. The van der Waals surface area contributed by atoms with Gasteiger partial charge in [-0.05, 0) is 0 Å². The van der Waals surface area contributed by atoms with Crippen LogP contribution in [0.4, 0.5) is 0 Å². The summed E-state index contributed by atoms with van der Waals surface area (Å²) in [4.78, 5) is 0. The predicted octanol–water partition coefficient (Wildman–Crippen LogP) is -3.53. The van der Waals surface area contributed by atoms with E-state index in [1.807, 2.05) is 0 Å². The van der Waals surface area contributed by atoms with Crippen LogP contribution in [0.5, 0.6) is 0 Å². The van der Waals surface area contributed by atoms with Gasteiger partial charge in [0.15, 0.2) is 0 Å². The Morgan fingerprint density at radius 3 is 0.889 bits per heavy atom. The molecule has 0 aliphatic heterocycles. The molecule has 0 aromatic heterocycles. The summed E-state index contributed by atoms with van der Waals surface area (Å²) in [7, 11) is -2.86. The van der Waals surface area contributed by atoms with Crippen molar-refractivity contribution >= 4 is 11.0 Å². The standard InChI is InChI=1S/Ni.HO3S.4H2O/c;1-4(2)3;;;;/h;(H,1,2,3);4*1H2/q;-1;;;;. The fourth-order valence-corrected chi connectivity index (χ4v) is 0. The van der Waals surface area contributed by atoms with Crippen molar-refractivity contribution in [2.75, 3.05) is 0 Å². The molecule has 0 aliphatic rings. The molecule has 0 aromatic carbocycles. The monoisotopic (exact) mass is 211 g/mol. The molecule has 9 N–H and O–H groups in total. The van der Waals surface area contributed by atoms with Crippen LogP contribution in [-0.4, -0.2) is 26.5 Å². The van der Waals surface area contributed by atoms with Crippen molar-refractivity contribution in [1.82, 2.24) is 0 Å². The van der Waals surface area contributed by atoms with E-state index in [1.54, 1.807) is 0 Å². The second-order valence-corrected chi connectivity index (χ2v) is 0.651. The third-order valence-electron chi connectivity index (χ3n) is 0. The summed E-state index contributed by atoms with van der Waals surface area (Å²) in [6, 6.07) is 0. The van der Waals surface area contributed by atoms with Crippen molar-refractivity contribution < 1.29 is 51.4 Å². The molecule has 68 valence electrons. The molecule has 0 amide bonds. The normalized spacial score (nSPS) is 3.78. The summed E-state index contributed by atoms with van der Waals surface area (Å²) in [6.45, 7) is 0. The van der Waals surface area contributed by atoms with Crippen LogP contribution >= 0.6 is 0 Å². The molecule has 9 heavy (non-hydrogen) atoms. The van der Waals surface area contributed by atoms with Gasteiger partial charge in [-0.25, -0.2) is 0 Å². The van der Waals surface area contributed by atoms with Gasteiger partial charge in [0.05, 0.1) is 0 Å². The first-order valence-electron chi connectivity index (χ1n) is 0.516. The fraction of sp³-hybridized carbons (Fsp3) is 0. The molecule has 0 rings (SSSR count). The molecule has 0 aromatic rings. The molecule has 9 heteroatoms. The van der Waals surface area contributed by atoms with Crippen molar-refractivity contribution in [3.05, 3.63) is 0 Å². The zero-order valence-corrected chi connectivity index (χ0v) is 5.79. The van der Waals surface area contributed by atoms with Crippen molar-refractivity contribution in [3.8, 4) is 0 Å². The topological polar surface area (TPSA) is 180 Å². The Morgan fingerprint density at radius 2 is 0.889 bits per heavy atom. The van der Waals surface area contributed by atoms with Crippen LogP contribution in [0.25, 0.3) is 0 Å². The van der Waals surface area contributed by atoms with Gasteiger partial charge in [0.25, 0.3) is 0 Å². The molecule has 0 spiro atoms. The third kappa shape index (κ3) is 5420. The second kappa shape index (κ2) is 41.1. The Labute approximate surface area is 63.0 Å². The molecule has 0 bridgehead atoms. The maximum Gasteiger partial charge on any atom is 0.0495 e. The first kappa shape index (κ1) is 59.7. The Balaban J connectivity index is -0.00000000450. The molecule has 7 nitrogen and oxygen atoms in total. The van der Waals surface area contributed by atoms with E-state index in [4.69, 9.17) is 13.0 Å². The minimum atomic E-state index is -2.86. The molecule has 0 heterocycles. The molecular weight excluding hydrogens is 203 g/mol. The van der Waals surface area contributed by atoms with Gasteiger partial charge >= 0.3 is 0 Å². The van der Waals surface area contributed by atoms with Gasteiger partial charge in [0.1, 0.15) is 0 Å². The SMILES string of the molecule is O.O.O.O.O=[S-](=O)O.[Ni]. The van der Waals surface area contributed by atoms with Gasteiger partial charge in [0.2, 0.25) is 0 Å². The fourth-order valence-electron chi connectivity index (χ4n) is 0. The van der Waals surface area contributed by atoms with E-state index < -0.39 is 11.0 Å². The number of hydrogen-bond acceptors (Lipinski definition) is 3. The number of hydrogen-bond donors (Lipinski definition) is 1. The summed E-state index contributed by atoms with van der Waals surface area (Å²) in [5.74, 6) is 0. The summed E-state index contributed by atoms with van der Waals surface area (Å²) in [5.41, 5.74) is 0. The maximum absolute atomic E-state index is 8.56. The molecule has 0 fully saturated rings. The molecule has 0 saturated carbocycles. The molecule has 0 saturated heterocycles. The Morgan fingerprint density at radius 1 is 0.889 bits per heavy atom. The van der Waals surface area contributed by atoms with Gasteiger partial charge in [-0.1, -0.05) is 0 Å². The number of rotatable bonds is 0. The average molecular weight is 212 g/mol. The Kier molecular flexibility index (Phi) is 273. The maximum atomic E-state index is 8.56. The van der Waals surface area contributed by atoms with Crippen molar-refractivity contribution in [3.63, 3.8) is 0 Å². The summed E-state index contributed by atoms with van der Waals surface area (Å²) < 4.78 is 24.1. The molecule has 0 unspecified atom stereocenters. The summed E-state index contributed by atoms with van der Waals surface area (Å²) >= 11 is 0. The van der Waals surface area contributed by atoms with E-state index in [2.05, 4.69) is 0 Å². The van der Waals surface area contributed by atoms with Crippen molar-refractivity contribution in [2.24, 2.45) is 0 Å². The van der Waals surface area contributed by atoms with Crippen LogP contribution in [0.1, 0.15) is 0 Å².